The third-order valence-corrected chi connectivity index (χ3v) is 4.10. The van der Waals surface area contributed by atoms with Crippen LogP contribution in [0, 0.1) is 17.8 Å². The predicted octanol–water partition coefficient (Wildman–Crippen LogP) is 0.901. The van der Waals surface area contributed by atoms with Crippen LogP contribution < -0.4 is 10.6 Å². The van der Waals surface area contributed by atoms with E-state index in [9.17, 15) is 4.79 Å². The van der Waals surface area contributed by atoms with Crippen LogP contribution >= 0.6 is 0 Å². The summed E-state index contributed by atoms with van der Waals surface area (Å²) < 4.78 is 0. The van der Waals surface area contributed by atoms with Crippen molar-refractivity contribution in [3.63, 3.8) is 0 Å². The number of rotatable bonds is 3. The smallest absolute Gasteiger partial charge is 0.223 e. The van der Waals surface area contributed by atoms with Gasteiger partial charge in [-0.2, -0.15) is 0 Å². The molecule has 3 aliphatic rings. The number of piperidine rings is 1. The van der Waals surface area contributed by atoms with Crippen LogP contribution in [0.2, 0.25) is 0 Å². The normalized spacial score (nSPS) is 36.3. The van der Waals surface area contributed by atoms with Crippen molar-refractivity contribution in [2.45, 2.75) is 38.1 Å². The molecule has 2 aliphatic carbocycles. The van der Waals surface area contributed by atoms with E-state index >= 15 is 0 Å². The fraction of sp³-hybridized carbons (Fsp3) is 0.917. The van der Waals surface area contributed by atoms with Crippen LogP contribution in [0.3, 0.4) is 0 Å². The first-order valence-electron chi connectivity index (χ1n) is 6.35. The number of carbonyl (C=O) groups excluding carboxylic acids is 1. The lowest BCUT2D eigenvalue weighted by atomic mass is 9.93. The molecule has 0 unspecified atom stereocenters. The highest BCUT2D eigenvalue weighted by Crippen LogP contribution is 2.42. The van der Waals surface area contributed by atoms with E-state index in [1.165, 1.54) is 32.4 Å². The van der Waals surface area contributed by atoms with E-state index in [-0.39, 0.29) is 0 Å². The number of hydrogen-bond acceptors (Lipinski definition) is 2. The fourth-order valence-electron chi connectivity index (χ4n) is 2.82. The van der Waals surface area contributed by atoms with Gasteiger partial charge in [0.2, 0.25) is 5.91 Å². The van der Waals surface area contributed by atoms with Gasteiger partial charge in [-0.3, -0.25) is 4.79 Å². The van der Waals surface area contributed by atoms with Crippen LogP contribution in [-0.2, 0) is 4.79 Å². The van der Waals surface area contributed by atoms with Crippen molar-refractivity contribution in [1.82, 2.24) is 10.6 Å². The molecule has 3 fully saturated rings. The molecule has 3 rings (SSSR count). The standard InChI is InChI=1S/C12H20N2O/c15-12(9-1-2-9)14-11-7-10(11)8-3-5-13-6-4-8/h8-11,13H,1-7H2,(H,14,15)/t10-,11+/m0/s1. The number of carbonyl (C=O) groups is 1. The molecule has 2 N–H and O–H groups in total. The average Bonchev–Trinajstić information content (AvgIpc) is 3.14. The molecule has 0 aromatic rings. The van der Waals surface area contributed by atoms with Crippen molar-refractivity contribution in [2.24, 2.45) is 17.8 Å². The lowest BCUT2D eigenvalue weighted by molar-refractivity contribution is -0.122. The average molecular weight is 208 g/mol. The zero-order valence-corrected chi connectivity index (χ0v) is 9.17. The van der Waals surface area contributed by atoms with Gasteiger partial charge in [0.15, 0.2) is 0 Å². The molecule has 0 aromatic carbocycles. The van der Waals surface area contributed by atoms with Crippen molar-refractivity contribution < 1.29 is 4.79 Å². The summed E-state index contributed by atoms with van der Waals surface area (Å²) in [5.41, 5.74) is 0. The Hall–Kier alpha value is -0.570. The molecule has 1 heterocycles. The maximum Gasteiger partial charge on any atom is 0.223 e. The molecule has 15 heavy (non-hydrogen) atoms. The van der Waals surface area contributed by atoms with Gasteiger partial charge < -0.3 is 10.6 Å². The Morgan fingerprint density at radius 1 is 1.13 bits per heavy atom. The highest BCUT2D eigenvalue weighted by atomic mass is 16.2. The van der Waals surface area contributed by atoms with Gasteiger partial charge >= 0.3 is 0 Å². The van der Waals surface area contributed by atoms with E-state index < -0.39 is 0 Å². The monoisotopic (exact) mass is 208 g/mol. The van der Waals surface area contributed by atoms with Gasteiger partial charge in [-0.15, -0.1) is 0 Å². The van der Waals surface area contributed by atoms with E-state index in [0.29, 0.717) is 17.9 Å². The van der Waals surface area contributed by atoms with Crippen LogP contribution in [0.5, 0.6) is 0 Å². The van der Waals surface area contributed by atoms with E-state index in [0.717, 1.165) is 24.7 Å². The molecule has 0 radical (unpaired) electrons. The molecule has 1 aliphatic heterocycles. The quantitative estimate of drug-likeness (QED) is 0.723. The van der Waals surface area contributed by atoms with Gasteiger partial charge in [-0.25, -0.2) is 0 Å². The molecule has 0 spiro atoms. The fourth-order valence-corrected chi connectivity index (χ4v) is 2.82. The predicted molar refractivity (Wildman–Crippen MR) is 58.4 cm³/mol. The Labute approximate surface area is 91.0 Å². The minimum atomic E-state index is 0.330. The molecule has 3 heteroatoms. The largest absolute Gasteiger partial charge is 0.353 e. The summed E-state index contributed by atoms with van der Waals surface area (Å²) in [5, 5.41) is 6.60. The lowest BCUT2D eigenvalue weighted by Crippen LogP contribution is -2.33. The zero-order chi connectivity index (χ0) is 10.3. The highest BCUT2D eigenvalue weighted by Gasteiger charge is 2.45. The third kappa shape index (κ3) is 2.17. The topological polar surface area (TPSA) is 41.1 Å². The number of nitrogens with one attached hydrogen (secondary N) is 2. The lowest BCUT2D eigenvalue weighted by Gasteiger charge is -2.22. The second kappa shape index (κ2) is 3.78. The molecule has 0 aromatic heterocycles. The molecule has 1 saturated heterocycles. The Kier molecular flexibility index (Phi) is 2.43. The second-order valence-corrected chi connectivity index (χ2v) is 5.38. The van der Waals surface area contributed by atoms with Crippen molar-refractivity contribution in [3.05, 3.63) is 0 Å². The summed E-state index contributed by atoms with van der Waals surface area (Å²) in [4.78, 5) is 11.6. The number of amides is 1. The SMILES string of the molecule is O=C(N[C@@H]1C[C@H]1C1CCNCC1)C1CC1. The Balaban J connectivity index is 1.44. The Morgan fingerprint density at radius 2 is 1.87 bits per heavy atom. The second-order valence-electron chi connectivity index (χ2n) is 5.38. The minimum absolute atomic E-state index is 0.330. The van der Waals surface area contributed by atoms with Gasteiger partial charge in [0, 0.05) is 12.0 Å². The summed E-state index contributed by atoms with van der Waals surface area (Å²) in [6, 6.07) is 0.529. The molecular formula is C12H20N2O. The highest BCUT2D eigenvalue weighted by molar-refractivity contribution is 5.81. The van der Waals surface area contributed by atoms with Crippen LogP contribution in [0.25, 0.3) is 0 Å². The molecule has 3 nitrogen and oxygen atoms in total. The van der Waals surface area contributed by atoms with Crippen LogP contribution in [0.1, 0.15) is 32.1 Å². The van der Waals surface area contributed by atoms with Crippen molar-refractivity contribution in [2.75, 3.05) is 13.1 Å². The first kappa shape index (κ1) is 9.64. The first-order valence-corrected chi connectivity index (χ1v) is 6.35. The summed E-state index contributed by atoms with van der Waals surface area (Å²) in [7, 11) is 0. The van der Waals surface area contributed by atoms with Crippen molar-refractivity contribution in [1.29, 1.82) is 0 Å². The van der Waals surface area contributed by atoms with Crippen molar-refractivity contribution >= 4 is 5.91 Å². The summed E-state index contributed by atoms with van der Waals surface area (Å²) in [6.45, 7) is 2.34. The Morgan fingerprint density at radius 3 is 2.53 bits per heavy atom. The van der Waals surface area contributed by atoms with Gasteiger partial charge in [-0.1, -0.05) is 0 Å². The van der Waals surface area contributed by atoms with Crippen LogP contribution in [0.4, 0.5) is 0 Å². The zero-order valence-electron chi connectivity index (χ0n) is 9.17. The maximum atomic E-state index is 11.6. The van der Waals surface area contributed by atoms with E-state index in [1.807, 2.05) is 0 Å². The Bertz CT molecular complexity index is 256. The molecule has 1 amide bonds. The molecule has 2 atom stereocenters. The molecule has 0 bridgehead atoms. The maximum absolute atomic E-state index is 11.6. The molecule has 84 valence electrons. The van der Waals surface area contributed by atoms with Gasteiger partial charge in [-0.05, 0) is 57.0 Å². The minimum Gasteiger partial charge on any atom is -0.353 e. The van der Waals surface area contributed by atoms with Crippen LogP contribution in [-0.4, -0.2) is 25.0 Å². The van der Waals surface area contributed by atoms with E-state index in [4.69, 9.17) is 0 Å². The van der Waals surface area contributed by atoms with Gasteiger partial charge in [0.05, 0.1) is 0 Å². The first-order chi connectivity index (χ1) is 7.34. The summed E-state index contributed by atoms with van der Waals surface area (Å²) >= 11 is 0. The molecule has 2 saturated carbocycles. The molecular weight excluding hydrogens is 188 g/mol. The summed E-state index contributed by atoms with van der Waals surface area (Å²) in [5.74, 6) is 2.38. The van der Waals surface area contributed by atoms with Gasteiger partial charge in [0.1, 0.15) is 0 Å². The van der Waals surface area contributed by atoms with Crippen LogP contribution in [0.15, 0.2) is 0 Å². The van der Waals surface area contributed by atoms with Gasteiger partial charge in [0.25, 0.3) is 0 Å². The van der Waals surface area contributed by atoms with Crippen molar-refractivity contribution in [3.8, 4) is 0 Å². The summed E-state index contributed by atoms with van der Waals surface area (Å²) in [6.07, 6.45) is 6.09. The number of hydrogen-bond donors (Lipinski definition) is 2. The van der Waals surface area contributed by atoms with E-state index in [2.05, 4.69) is 10.6 Å². The van der Waals surface area contributed by atoms with E-state index in [1.54, 1.807) is 0 Å². The third-order valence-electron chi connectivity index (χ3n) is 4.10.